The van der Waals surface area contributed by atoms with Crippen molar-refractivity contribution >= 4 is 36.5 Å². The topological polar surface area (TPSA) is 106 Å². The van der Waals surface area contributed by atoms with Gasteiger partial charge >= 0.3 is 127 Å². The second kappa shape index (κ2) is 10.4. The Labute approximate surface area is 179 Å². The molecule has 0 atom stereocenters. The van der Waals surface area contributed by atoms with Crippen molar-refractivity contribution < 1.29 is 9.90 Å². The van der Waals surface area contributed by atoms with Gasteiger partial charge in [-0.2, -0.15) is 0 Å². The average Bonchev–Trinajstić information content (AvgIpc) is 2.76. The summed E-state index contributed by atoms with van der Waals surface area (Å²) in [6.45, 7) is 0. The summed E-state index contributed by atoms with van der Waals surface area (Å²) < 4.78 is 4.59. The van der Waals surface area contributed by atoms with Crippen LogP contribution in [0, 0.1) is 0 Å². The van der Waals surface area contributed by atoms with E-state index in [2.05, 4.69) is 91.0 Å². The van der Waals surface area contributed by atoms with Crippen molar-refractivity contribution in [3.63, 3.8) is 0 Å². The van der Waals surface area contributed by atoms with Gasteiger partial charge in [-0.3, -0.25) is 9.78 Å². The van der Waals surface area contributed by atoms with Gasteiger partial charge in [0.2, 0.25) is 0 Å². The number of hydrogen-bond acceptors (Lipinski definition) is 4. The maximum absolute atomic E-state index is 10.4. The molecule has 4 rings (SSSR count). The minimum absolute atomic E-state index is 0.529. The third kappa shape index (κ3) is 5.81. The number of H-pyrrole nitrogens is 2. The van der Waals surface area contributed by atoms with Gasteiger partial charge in [0.25, 0.3) is 5.56 Å². The quantitative estimate of drug-likeness (QED) is 0.370. The second-order valence-corrected chi connectivity index (χ2v) is 13.3. The SMILES string of the molecule is O=C([O-])c1cc(=O)[nH]c(=O)[nH]1.c1cc[c]([Sn+]([c]2ccccc2)[c]2ccccc2)cc1. The Morgan fingerprint density at radius 2 is 1.07 bits per heavy atom. The van der Waals surface area contributed by atoms with Crippen LogP contribution in [0.15, 0.2) is 107 Å². The second-order valence-electron chi connectivity index (χ2n) is 6.26. The van der Waals surface area contributed by atoms with Crippen molar-refractivity contribution in [2.75, 3.05) is 0 Å². The van der Waals surface area contributed by atoms with Gasteiger partial charge in [-0.25, -0.2) is 4.79 Å². The molecule has 0 saturated carbocycles. The van der Waals surface area contributed by atoms with E-state index in [1.165, 1.54) is 10.7 Å². The van der Waals surface area contributed by atoms with E-state index < -0.39 is 42.7 Å². The number of rotatable bonds is 4. The molecule has 6 nitrogen and oxygen atoms in total. The van der Waals surface area contributed by atoms with Gasteiger partial charge < -0.3 is 14.9 Å². The van der Waals surface area contributed by atoms with Crippen molar-refractivity contribution in [2.45, 2.75) is 0 Å². The van der Waals surface area contributed by atoms with E-state index in [0.717, 1.165) is 6.07 Å². The van der Waals surface area contributed by atoms with Gasteiger partial charge in [-0.15, -0.1) is 0 Å². The molecule has 0 radical (unpaired) electrons. The molecule has 3 aromatic carbocycles. The zero-order valence-corrected chi connectivity index (χ0v) is 18.7. The zero-order chi connectivity index (χ0) is 21.3. The van der Waals surface area contributed by atoms with Crippen molar-refractivity contribution in [3.05, 3.63) is 124 Å². The third-order valence-corrected chi connectivity index (χ3v) is 12.0. The first-order valence-corrected chi connectivity index (χ1v) is 13.4. The number of carboxylic acids is 1. The molecule has 0 aliphatic carbocycles. The molecule has 0 aliphatic rings. The van der Waals surface area contributed by atoms with E-state index in [-0.39, 0.29) is 0 Å². The molecule has 4 aromatic rings. The van der Waals surface area contributed by atoms with Crippen LogP contribution >= 0.6 is 0 Å². The first-order valence-electron chi connectivity index (χ1n) is 9.13. The molecule has 0 aliphatic heterocycles. The first-order chi connectivity index (χ1) is 14.5. The molecule has 1 aromatic heterocycles. The van der Waals surface area contributed by atoms with Crippen LogP contribution in [0.3, 0.4) is 0 Å². The zero-order valence-electron chi connectivity index (χ0n) is 15.9. The number of aromatic carboxylic acids is 1. The molecule has 0 unspecified atom stereocenters. The Morgan fingerprint density at radius 3 is 1.40 bits per heavy atom. The fourth-order valence-corrected chi connectivity index (χ4v) is 10.2. The van der Waals surface area contributed by atoms with Crippen molar-refractivity contribution in [1.82, 2.24) is 9.97 Å². The van der Waals surface area contributed by atoms with Gasteiger partial charge in [0.05, 0.1) is 11.7 Å². The van der Waals surface area contributed by atoms with Gasteiger partial charge in [0.15, 0.2) is 0 Å². The summed E-state index contributed by atoms with van der Waals surface area (Å²) in [5, 5.41) is 10.1. The van der Waals surface area contributed by atoms with Gasteiger partial charge in [0, 0.05) is 6.07 Å². The van der Waals surface area contributed by atoms with Crippen molar-refractivity contribution in [1.29, 1.82) is 0 Å². The monoisotopic (exact) mass is 506 g/mol. The summed E-state index contributed by atoms with van der Waals surface area (Å²) in [7, 11) is 0. The molecular weight excluding hydrogens is 487 g/mol. The van der Waals surface area contributed by atoms with Crippen LogP contribution in [0.5, 0.6) is 0 Å². The van der Waals surface area contributed by atoms with E-state index in [1.807, 2.05) is 9.97 Å². The van der Waals surface area contributed by atoms with Gasteiger partial charge in [0.1, 0.15) is 0 Å². The first kappa shape index (κ1) is 21.3. The van der Waals surface area contributed by atoms with Crippen molar-refractivity contribution in [3.8, 4) is 0 Å². The van der Waals surface area contributed by atoms with E-state index in [0.29, 0.717) is 0 Å². The normalized spacial score (nSPS) is 9.87. The number of aromatic amines is 2. The van der Waals surface area contributed by atoms with Crippen LogP contribution < -0.4 is 27.1 Å². The summed E-state index contributed by atoms with van der Waals surface area (Å²) >= 11 is -1.98. The van der Waals surface area contributed by atoms with Crippen molar-refractivity contribution in [2.24, 2.45) is 0 Å². The Bertz CT molecular complexity index is 1080. The van der Waals surface area contributed by atoms with E-state index in [4.69, 9.17) is 0 Å². The summed E-state index contributed by atoms with van der Waals surface area (Å²) in [6.07, 6.45) is 0. The Kier molecular flexibility index (Phi) is 7.39. The van der Waals surface area contributed by atoms with Crippen LogP contribution in [0.25, 0.3) is 0 Å². The molecule has 148 valence electrons. The number of carboxylic acid groups (broad SMARTS) is 1. The Balaban J connectivity index is 0.000000199. The summed E-state index contributed by atoms with van der Waals surface area (Å²) in [6, 6.07) is 33.7. The predicted octanol–water partition coefficient (Wildman–Crippen LogP) is -0.370. The minimum atomic E-state index is -1.98. The van der Waals surface area contributed by atoms with Gasteiger partial charge in [-0.05, 0) is 0 Å². The molecule has 0 amide bonds. The van der Waals surface area contributed by atoms with E-state index in [9.17, 15) is 19.5 Å². The molecule has 1 heterocycles. The van der Waals surface area contributed by atoms with E-state index >= 15 is 0 Å². The maximum atomic E-state index is 10.4. The molecule has 30 heavy (non-hydrogen) atoms. The van der Waals surface area contributed by atoms with Crippen LogP contribution in [0.2, 0.25) is 0 Å². The number of hydrogen-bond donors (Lipinski definition) is 2. The number of carbonyl (C=O) groups is 1. The Morgan fingerprint density at radius 1 is 0.667 bits per heavy atom. The molecule has 0 bridgehead atoms. The van der Waals surface area contributed by atoms with E-state index in [1.54, 1.807) is 0 Å². The van der Waals surface area contributed by atoms with Crippen LogP contribution in [-0.2, 0) is 0 Å². The summed E-state index contributed by atoms with van der Waals surface area (Å²) in [5.74, 6) is -1.59. The van der Waals surface area contributed by atoms with Crippen LogP contribution in [-0.4, -0.2) is 35.7 Å². The average molecular weight is 505 g/mol. The molecule has 7 heteroatoms. The number of nitrogens with one attached hydrogen (secondary N) is 2. The molecule has 2 N–H and O–H groups in total. The predicted molar refractivity (Wildman–Crippen MR) is 116 cm³/mol. The third-order valence-electron chi connectivity index (χ3n) is 4.17. The molecule has 0 spiro atoms. The number of benzene rings is 3. The molecule has 0 fully saturated rings. The number of carbonyl (C=O) groups excluding carboxylic acids is 1. The van der Waals surface area contributed by atoms with Crippen LogP contribution in [0.4, 0.5) is 0 Å². The Hall–Kier alpha value is -3.39. The fourth-order valence-electron chi connectivity index (χ4n) is 2.89. The molecule has 0 saturated heterocycles. The number of aromatic nitrogens is 2. The molecular formula is C23H18N2O4Sn. The summed E-state index contributed by atoms with van der Waals surface area (Å²) in [4.78, 5) is 34.6. The summed E-state index contributed by atoms with van der Waals surface area (Å²) in [5.41, 5.74) is -2.16. The standard InChI is InChI=1S/3C6H5.C5H4N2O4.Sn/c3*1-2-4-6-5-3-1;8-3-1-2(4(9)10)6-5(11)7-3;/h3*1-5H;1H,(H,9,10)(H2,6,7,8,11);/q;;;;+1/p-1. The van der Waals surface area contributed by atoms with Crippen LogP contribution in [0.1, 0.15) is 10.5 Å². The fraction of sp³-hybridized carbons (Fsp3) is 0. The van der Waals surface area contributed by atoms with Gasteiger partial charge in [-0.1, -0.05) is 0 Å².